The first-order chi connectivity index (χ1) is 6.79. The van der Waals surface area contributed by atoms with E-state index in [-0.39, 0.29) is 0 Å². The number of hydrogen-bond acceptors (Lipinski definition) is 0. The highest BCUT2D eigenvalue weighted by atomic mass is 27.2. The molecule has 0 atom stereocenters. The third-order valence-electron chi connectivity index (χ3n) is 3.56. The number of rotatable bonds is 1. The van der Waals surface area contributed by atoms with Crippen molar-refractivity contribution in [1.29, 1.82) is 0 Å². The van der Waals surface area contributed by atoms with Gasteiger partial charge in [0.1, 0.15) is 0 Å². The normalized spacial score (nSPS) is 17.1. The highest BCUT2D eigenvalue weighted by Gasteiger charge is 2.24. The van der Waals surface area contributed by atoms with Crippen LogP contribution in [0.15, 0.2) is 18.2 Å². The minimum absolute atomic E-state index is 0.563. The summed E-state index contributed by atoms with van der Waals surface area (Å²) in [5, 5.41) is 3.09. The maximum absolute atomic E-state index is 2.30. The minimum Gasteiger partial charge on any atom is -0.105 e. The van der Waals surface area contributed by atoms with E-state index < -0.39 is 14.1 Å². The predicted octanol–water partition coefficient (Wildman–Crippen LogP) is 3.19. The largest absolute Gasteiger partial charge is 0.306 e. The lowest BCUT2D eigenvalue weighted by atomic mass is 10.1. The van der Waals surface area contributed by atoms with Gasteiger partial charge in [-0.2, -0.15) is 0 Å². The molecule has 74 valence electrons. The molecule has 0 amide bonds. The van der Waals surface area contributed by atoms with Crippen LogP contribution in [0.5, 0.6) is 0 Å². The molecule has 1 aliphatic rings. The molecule has 0 saturated carbocycles. The molecule has 1 heteroatoms. The van der Waals surface area contributed by atoms with Crippen molar-refractivity contribution in [3.05, 3.63) is 29.3 Å². The number of aryl methyl sites for hydroxylation is 2. The van der Waals surface area contributed by atoms with Crippen molar-refractivity contribution in [2.45, 2.75) is 43.7 Å². The molecule has 1 heterocycles. The maximum atomic E-state index is 2.30. The summed E-state index contributed by atoms with van der Waals surface area (Å²) >= 11 is -0.563. The summed E-state index contributed by atoms with van der Waals surface area (Å²) in [6.07, 6.45) is 4.46. The molecule has 0 aliphatic carbocycles. The molecule has 2 rings (SSSR count). The monoisotopic (exact) mass is 202 g/mol. The van der Waals surface area contributed by atoms with E-state index in [0.29, 0.717) is 0 Å². The first-order valence-corrected chi connectivity index (χ1v) is 8.06. The van der Waals surface area contributed by atoms with Crippen molar-refractivity contribution in [2.75, 3.05) is 0 Å². The molecule has 1 aliphatic heterocycles. The molecule has 0 bridgehead atoms. The van der Waals surface area contributed by atoms with E-state index in [1.54, 1.807) is 26.1 Å². The van der Waals surface area contributed by atoms with Crippen molar-refractivity contribution < 1.29 is 0 Å². The van der Waals surface area contributed by atoms with Crippen LogP contribution in [-0.4, -0.2) is 14.1 Å². The third kappa shape index (κ3) is 2.05. The van der Waals surface area contributed by atoms with Gasteiger partial charge in [0.05, 0.1) is 0 Å². The zero-order chi connectivity index (χ0) is 9.97. The minimum atomic E-state index is -0.563. The van der Waals surface area contributed by atoms with Crippen LogP contribution in [0.4, 0.5) is 0 Å². The van der Waals surface area contributed by atoms with Gasteiger partial charge in [0.15, 0.2) is 0 Å². The van der Waals surface area contributed by atoms with E-state index in [2.05, 4.69) is 32.0 Å². The fourth-order valence-electron chi connectivity index (χ4n) is 2.86. The lowest BCUT2D eigenvalue weighted by molar-refractivity contribution is 0.727. The average Bonchev–Trinajstić information content (AvgIpc) is 2.19. The molecule has 1 fully saturated rings. The molecule has 0 unspecified atom stereocenters. The Morgan fingerprint density at radius 3 is 2.07 bits per heavy atom. The highest BCUT2D eigenvalue weighted by Crippen LogP contribution is 2.20. The van der Waals surface area contributed by atoms with Gasteiger partial charge in [-0.3, -0.25) is 0 Å². The lowest BCUT2D eigenvalue weighted by Gasteiger charge is -2.21. The van der Waals surface area contributed by atoms with Gasteiger partial charge in [-0.25, -0.2) is 0 Å². The predicted molar refractivity (Wildman–Crippen MR) is 64.8 cm³/mol. The van der Waals surface area contributed by atoms with Crippen molar-refractivity contribution in [1.82, 2.24) is 0 Å². The summed E-state index contributed by atoms with van der Waals surface area (Å²) in [5.41, 5.74) is 3.12. The fraction of sp³-hybridized carbons (Fsp3) is 0.538. The summed E-state index contributed by atoms with van der Waals surface area (Å²) < 4.78 is 1.78. The van der Waals surface area contributed by atoms with Crippen molar-refractivity contribution >= 4 is 18.6 Å². The van der Waals surface area contributed by atoms with Crippen molar-refractivity contribution in [3.63, 3.8) is 0 Å². The van der Waals surface area contributed by atoms with Crippen LogP contribution in [0, 0.1) is 13.8 Å². The van der Waals surface area contributed by atoms with E-state index in [9.17, 15) is 0 Å². The van der Waals surface area contributed by atoms with Gasteiger partial charge in [0, 0.05) is 0 Å². The summed E-state index contributed by atoms with van der Waals surface area (Å²) in [6, 6.07) is 6.79. The molecule has 1 aromatic rings. The molecular formula is C13H19Al. The smallest absolute Gasteiger partial charge is 0.105 e. The summed E-state index contributed by atoms with van der Waals surface area (Å²) in [5.74, 6) is 0. The van der Waals surface area contributed by atoms with Crippen LogP contribution >= 0.6 is 0 Å². The maximum Gasteiger partial charge on any atom is 0.306 e. The molecule has 0 spiro atoms. The van der Waals surface area contributed by atoms with Crippen molar-refractivity contribution in [2.24, 2.45) is 0 Å². The van der Waals surface area contributed by atoms with Crippen LogP contribution in [0.1, 0.15) is 30.4 Å². The second-order valence-corrected chi connectivity index (χ2v) is 7.77. The molecule has 0 nitrogen and oxygen atoms in total. The Kier molecular flexibility index (Phi) is 3.31. The molecule has 0 N–H and O–H groups in total. The van der Waals surface area contributed by atoms with E-state index in [0.717, 1.165) is 0 Å². The number of hydrogen-bond donors (Lipinski definition) is 0. The van der Waals surface area contributed by atoms with E-state index in [4.69, 9.17) is 0 Å². The Hall–Kier alpha value is -0.248. The summed E-state index contributed by atoms with van der Waals surface area (Å²) in [4.78, 5) is 0. The summed E-state index contributed by atoms with van der Waals surface area (Å²) in [7, 11) is 0. The number of benzene rings is 1. The Labute approximate surface area is 91.7 Å². The second kappa shape index (κ2) is 4.51. The van der Waals surface area contributed by atoms with Crippen LogP contribution in [0.25, 0.3) is 0 Å². The van der Waals surface area contributed by atoms with Gasteiger partial charge in [-0.1, -0.05) is 59.2 Å². The van der Waals surface area contributed by atoms with Gasteiger partial charge >= 0.3 is 14.1 Å². The molecule has 14 heavy (non-hydrogen) atoms. The Morgan fingerprint density at radius 1 is 0.929 bits per heavy atom. The third-order valence-corrected chi connectivity index (χ3v) is 7.49. The summed E-state index contributed by atoms with van der Waals surface area (Å²) in [6.45, 7) is 4.59. The van der Waals surface area contributed by atoms with E-state index in [1.165, 1.54) is 19.3 Å². The van der Waals surface area contributed by atoms with Crippen molar-refractivity contribution in [3.8, 4) is 0 Å². The average molecular weight is 202 g/mol. The van der Waals surface area contributed by atoms with Crippen LogP contribution in [-0.2, 0) is 0 Å². The second-order valence-electron chi connectivity index (χ2n) is 4.64. The Bertz CT molecular complexity index is 291. The van der Waals surface area contributed by atoms with Gasteiger partial charge < -0.3 is 0 Å². The van der Waals surface area contributed by atoms with Gasteiger partial charge in [-0.05, 0) is 13.8 Å². The SMILES string of the molecule is Cc1cccc(C)[c]1[Al]1[CH2]CCC[CH2]1. The fourth-order valence-corrected chi connectivity index (χ4v) is 6.77. The molecular weight excluding hydrogens is 183 g/mol. The van der Waals surface area contributed by atoms with E-state index in [1.807, 2.05) is 0 Å². The first kappa shape index (κ1) is 10.3. The van der Waals surface area contributed by atoms with Gasteiger partial charge in [0.2, 0.25) is 0 Å². The van der Waals surface area contributed by atoms with Crippen LogP contribution in [0.3, 0.4) is 0 Å². The van der Waals surface area contributed by atoms with Gasteiger partial charge in [0.25, 0.3) is 0 Å². The molecule has 1 saturated heterocycles. The molecule has 0 radical (unpaired) electrons. The van der Waals surface area contributed by atoms with E-state index >= 15 is 0 Å². The lowest BCUT2D eigenvalue weighted by Crippen LogP contribution is -2.35. The Morgan fingerprint density at radius 2 is 1.50 bits per heavy atom. The topological polar surface area (TPSA) is 0 Å². The quantitative estimate of drug-likeness (QED) is 0.613. The zero-order valence-electron chi connectivity index (χ0n) is 9.34. The highest BCUT2D eigenvalue weighted by molar-refractivity contribution is 6.74. The molecule has 1 aromatic carbocycles. The first-order valence-electron chi connectivity index (χ1n) is 5.85. The van der Waals surface area contributed by atoms with Gasteiger partial charge in [-0.15, -0.1) is 4.43 Å². The Balaban J connectivity index is 2.29. The van der Waals surface area contributed by atoms with Crippen LogP contribution < -0.4 is 4.43 Å². The van der Waals surface area contributed by atoms with Crippen LogP contribution in [0.2, 0.25) is 10.6 Å². The zero-order valence-corrected chi connectivity index (χ0v) is 10.5. The molecule has 0 aromatic heterocycles. The standard InChI is InChI=1S/C8H9.C5H10.Al/c1-7-4-3-5-8(2)6-7;1-3-5-4-2;/h3-5H,1-2H3;1-5H2;.